The number of rotatable bonds is 7. The van der Waals surface area contributed by atoms with Crippen molar-refractivity contribution in [1.82, 2.24) is 0 Å². The molecule has 1 heterocycles. The highest BCUT2D eigenvalue weighted by atomic mass is 32.1. The summed E-state index contributed by atoms with van der Waals surface area (Å²) in [7, 11) is 0. The summed E-state index contributed by atoms with van der Waals surface area (Å²) in [4.78, 5) is 0. The standard InChI is InChI=1S/C11H18O2S/c1-2-13-7-5-11(12)4-3-10-6-8-14-9-10/h6,8-9,11-12H,2-5,7H2,1H3. The summed E-state index contributed by atoms with van der Waals surface area (Å²) in [5.74, 6) is 0. The Kier molecular flexibility index (Phi) is 5.83. The van der Waals surface area contributed by atoms with E-state index in [2.05, 4.69) is 16.8 Å². The van der Waals surface area contributed by atoms with Crippen LogP contribution in [0.1, 0.15) is 25.3 Å². The molecule has 0 spiro atoms. The van der Waals surface area contributed by atoms with E-state index in [1.807, 2.05) is 6.92 Å². The molecule has 0 radical (unpaired) electrons. The third-order valence-corrected chi connectivity index (χ3v) is 2.88. The van der Waals surface area contributed by atoms with Gasteiger partial charge in [-0.05, 0) is 48.6 Å². The summed E-state index contributed by atoms with van der Waals surface area (Å²) >= 11 is 1.71. The van der Waals surface area contributed by atoms with Crippen molar-refractivity contribution in [1.29, 1.82) is 0 Å². The fourth-order valence-electron chi connectivity index (χ4n) is 1.28. The Morgan fingerprint density at radius 3 is 3.00 bits per heavy atom. The fourth-order valence-corrected chi connectivity index (χ4v) is 1.98. The van der Waals surface area contributed by atoms with E-state index < -0.39 is 0 Å². The molecule has 0 aliphatic heterocycles. The van der Waals surface area contributed by atoms with Crippen LogP contribution >= 0.6 is 11.3 Å². The molecule has 1 aromatic rings. The van der Waals surface area contributed by atoms with Crippen molar-refractivity contribution in [2.75, 3.05) is 13.2 Å². The number of ether oxygens (including phenoxy) is 1. The second-order valence-electron chi connectivity index (χ2n) is 3.31. The van der Waals surface area contributed by atoms with E-state index >= 15 is 0 Å². The predicted molar refractivity (Wildman–Crippen MR) is 59.8 cm³/mol. The van der Waals surface area contributed by atoms with Crippen LogP contribution < -0.4 is 0 Å². The number of aliphatic hydroxyl groups excluding tert-OH is 1. The third kappa shape index (κ3) is 4.74. The van der Waals surface area contributed by atoms with Crippen molar-refractivity contribution in [3.05, 3.63) is 22.4 Å². The van der Waals surface area contributed by atoms with Crippen LogP contribution in [0.2, 0.25) is 0 Å². The highest BCUT2D eigenvalue weighted by Gasteiger charge is 2.04. The lowest BCUT2D eigenvalue weighted by atomic mass is 10.1. The Balaban J connectivity index is 2.06. The molecule has 1 atom stereocenters. The molecular weight excluding hydrogens is 196 g/mol. The SMILES string of the molecule is CCOCCC(O)CCc1ccsc1. The maximum atomic E-state index is 9.60. The van der Waals surface area contributed by atoms with Gasteiger partial charge in [-0.3, -0.25) is 0 Å². The zero-order valence-corrected chi connectivity index (χ0v) is 9.43. The highest BCUT2D eigenvalue weighted by Crippen LogP contribution is 2.10. The van der Waals surface area contributed by atoms with Crippen molar-refractivity contribution in [2.45, 2.75) is 32.3 Å². The molecule has 0 amide bonds. The van der Waals surface area contributed by atoms with Crippen LogP contribution in [0.4, 0.5) is 0 Å². The average molecular weight is 214 g/mol. The molecule has 0 saturated carbocycles. The van der Waals surface area contributed by atoms with Crippen LogP contribution in [-0.4, -0.2) is 24.4 Å². The van der Waals surface area contributed by atoms with Gasteiger partial charge in [-0.15, -0.1) is 0 Å². The van der Waals surface area contributed by atoms with Crippen molar-refractivity contribution in [3.8, 4) is 0 Å². The molecule has 0 fully saturated rings. The summed E-state index contributed by atoms with van der Waals surface area (Å²) in [5.41, 5.74) is 1.32. The Labute approximate surface area is 89.5 Å². The molecule has 80 valence electrons. The maximum Gasteiger partial charge on any atom is 0.0565 e. The summed E-state index contributed by atoms with van der Waals surface area (Å²) in [6, 6.07) is 2.11. The van der Waals surface area contributed by atoms with Gasteiger partial charge in [-0.25, -0.2) is 0 Å². The van der Waals surface area contributed by atoms with E-state index in [0.29, 0.717) is 6.61 Å². The molecule has 3 heteroatoms. The quantitative estimate of drug-likeness (QED) is 0.707. The predicted octanol–water partition coefficient (Wildman–Crippen LogP) is 2.47. The Morgan fingerprint density at radius 1 is 1.50 bits per heavy atom. The zero-order chi connectivity index (χ0) is 10.2. The van der Waals surface area contributed by atoms with Gasteiger partial charge in [0.15, 0.2) is 0 Å². The first-order valence-electron chi connectivity index (χ1n) is 5.09. The minimum absolute atomic E-state index is 0.221. The van der Waals surface area contributed by atoms with E-state index in [0.717, 1.165) is 25.9 Å². The molecule has 1 N–H and O–H groups in total. The van der Waals surface area contributed by atoms with Crippen molar-refractivity contribution in [2.24, 2.45) is 0 Å². The molecule has 0 aliphatic rings. The van der Waals surface area contributed by atoms with Crippen molar-refractivity contribution < 1.29 is 9.84 Å². The Bertz CT molecular complexity index is 221. The van der Waals surface area contributed by atoms with Gasteiger partial charge in [0.2, 0.25) is 0 Å². The number of hydrogen-bond donors (Lipinski definition) is 1. The van der Waals surface area contributed by atoms with Gasteiger partial charge in [-0.1, -0.05) is 0 Å². The van der Waals surface area contributed by atoms with Crippen LogP contribution in [0.5, 0.6) is 0 Å². The third-order valence-electron chi connectivity index (χ3n) is 2.15. The first kappa shape index (κ1) is 11.7. The van der Waals surface area contributed by atoms with Gasteiger partial charge < -0.3 is 9.84 Å². The van der Waals surface area contributed by atoms with E-state index in [-0.39, 0.29) is 6.10 Å². The number of thiophene rings is 1. The van der Waals surface area contributed by atoms with Crippen LogP contribution in [0, 0.1) is 0 Å². The summed E-state index contributed by atoms with van der Waals surface area (Å²) in [5, 5.41) is 13.8. The van der Waals surface area contributed by atoms with E-state index in [4.69, 9.17) is 4.74 Å². The molecule has 0 aliphatic carbocycles. The van der Waals surface area contributed by atoms with E-state index in [1.165, 1.54) is 5.56 Å². The Morgan fingerprint density at radius 2 is 2.36 bits per heavy atom. The fraction of sp³-hybridized carbons (Fsp3) is 0.636. The first-order valence-corrected chi connectivity index (χ1v) is 6.04. The smallest absolute Gasteiger partial charge is 0.0565 e. The number of aryl methyl sites for hydroxylation is 1. The van der Waals surface area contributed by atoms with Crippen LogP contribution in [0.15, 0.2) is 16.8 Å². The topological polar surface area (TPSA) is 29.5 Å². The molecule has 0 bridgehead atoms. The number of aliphatic hydroxyl groups is 1. The molecule has 1 aromatic heterocycles. The Hall–Kier alpha value is -0.380. The molecular formula is C11H18O2S. The van der Waals surface area contributed by atoms with Gasteiger partial charge >= 0.3 is 0 Å². The van der Waals surface area contributed by atoms with E-state index in [9.17, 15) is 5.11 Å². The lowest BCUT2D eigenvalue weighted by Crippen LogP contribution is -2.11. The largest absolute Gasteiger partial charge is 0.393 e. The van der Waals surface area contributed by atoms with Gasteiger partial charge in [0.1, 0.15) is 0 Å². The first-order chi connectivity index (χ1) is 6.83. The van der Waals surface area contributed by atoms with Crippen LogP contribution in [0.25, 0.3) is 0 Å². The van der Waals surface area contributed by atoms with Gasteiger partial charge in [0.25, 0.3) is 0 Å². The molecule has 0 saturated heterocycles. The molecule has 2 nitrogen and oxygen atoms in total. The second kappa shape index (κ2) is 6.98. The molecule has 1 unspecified atom stereocenters. The normalized spacial score (nSPS) is 13.0. The number of hydrogen-bond acceptors (Lipinski definition) is 3. The lowest BCUT2D eigenvalue weighted by Gasteiger charge is -2.09. The van der Waals surface area contributed by atoms with Crippen LogP contribution in [0.3, 0.4) is 0 Å². The minimum Gasteiger partial charge on any atom is -0.393 e. The molecule has 14 heavy (non-hydrogen) atoms. The molecule has 0 aromatic carbocycles. The summed E-state index contributed by atoms with van der Waals surface area (Å²) in [6.45, 7) is 3.37. The molecule has 1 rings (SSSR count). The van der Waals surface area contributed by atoms with Gasteiger partial charge in [-0.2, -0.15) is 11.3 Å². The lowest BCUT2D eigenvalue weighted by molar-refractivity contribution is 0.0845. The minimum atomic E-state index is -0.221. The van der Waals surface area contributed by atoms with Crippen molar-refractivity contribution in [3.63, 3.8) is 0 Å². The van der Waals surface area contributed by atoms with Gasteiger partial charge in [0.05, 0.1) is 6.10 Å². The van der Waals surface area contributed by atoms with Crippen LogP contribution in [-0.2, 0) is 11.2 Å². The maximum absolute atomic E-state index is 9.60. The summed E-state index contributed by atoms with van der Waals surface area (Å²) < 4.78 is 5.18. The summed E-state index contributed by atoms with van der Waals surface area (Å²) in [6.07, 6.45) is 2.33. The average Bonchev–Trinajstić information content (AvgIpc) is 2.68. The van der Waals surface area contributed by atoms with Gasteiger partial charge in [0, 0.05) is 13.2 Å². The van der Waals surface area contributed by atoms with Crippen molar-refractivity contribution >= 4 is 11.3 Å². The zero-order valence-electron chi connectivity index (χ0n) is 8.61. The monoisotopic (exact) mass is 214 g/mol. The highest BCUT2D eigenvalue weighted by molar-refractivity contribution is 7.07. The van der Waals surface area contributed by atoms with E-state index in [1.54, 1.807) is 11.3 Å². The second-order valence-corrected chi connectivity index (χ2v) is 4.09.